The average Bonchev–Trinajstić information content (AvgIpc) is 2.54. The summed E-state index contributed by atoms with van der Waals surface area (Å²) < 4.78 is 6.15. The van der Waals surface area contributed by atoms with Crippen LogP contribution in [0.4, 0.5) is 0 Å². The Morgan fingerprint density at radius 1 is 1.24 bits per heavy atom. The Balaban J connectivity index is 1.39. The van der Waals surface area contributed by atoms with Crippen LogP contribution in [-0.4, -0.2) is 42.1 Å². The van der Waals surface area contributed by atoms with Gasteiger partial charge >= 0.3 is 0 Å². The Bertz CT molecular complexity index is 415. The third kappa shape index (κ3) is 4.65. The predicted octanol–water partition coefficient (Wildman–Crippen LogP) is 3.81. The molecule has 0 amide bonds. The van der Waals surface area contributed by atoms with Crippen LogP contribution < -0.4 is 5.32 Å². The van der Waals surface area contributed by atoms with Crippen LogP contribution in [0.25, 0.3) is 0 Å². The van der Waals surface area contributed by atoms with Crippen LogP contribution in [0.15, 0.2) is 35.2 Å². The molecule has 1 aromatic carbocycles. The third-order valence-electron chi connectivity index (χ3n) is 4.44. The van der Waals surface area contributed by atoms with Gasteiger partial charge in [-0.05, 0) is 49.3 Å². The van der Waals surface area contributed by atoms with Crippen LogP contribution >= 0.6 is 23.5 Å². The van der Waals surface area contributed by atoms with Crippen molar-refractivity contribution in [3.8, 4) is 0 Å². The molecule has 2 heterocycles. The van der Waals surface area contributed by atoms with E-state index < -0.39 is 0 Å². The van der Waals surface area contributed by atoms with Gasteiger partial charge in [0.1, 0.15) is 0 Å². The summed E-state index contributed by atoms with van der Waals surface area (Å²) in [5.74, 6) is 3.69. The maximum atomic E-state index is 6.15. The highest BCUT2D eigenvalue weighted by molar-refractivity contribution is 7.99. The third-order valence-corrected chi connectivity index (χ3v) is 6.44. The highest BCUT2D eigenvalue weighted by Crippen LogP contribution is 2.37. The van der Waals surface area contributed by atoms with Gasteiger partial charge < -0.3 is 10.1 Å². The van der Waals surface area contributed by atoms with Crippen molar-refractivity contribution in [3.63, 3.8) is 0 Å². The highest BCUT2D eigenvalue weighted by atomic mass is 32.2. The monoisotopic (exact) mass is 323 g/mol. The van der Waals surface area contributed by atoms with Gasteiger partial charge in [-0.1, -0.05) is 18.2 Å². The van der Waals surface area contributed by atoms with Crippen molar-refractivity contribution < 1.29 is 4.74 Å². The molecule has 3 rings (SSSR count). The molecule has 1 atom stereocenters. The van der Waals surface area contributed by atoms with Crippen molar-refractivity contribution in [1.29, 1.82) is 0 Å². The molecule has 21 heavy (non-hydrogen) atoms. The minimum atomic E-state index is 0.202. The van der Waals surface area contributed by atoms with Crippen LogP contribution in [0.1, 0.15) is 25.7 Å². The first-order valence-corrected chi connectivity index (χ1v) is 10.1. The number of benzene rings is 1. The molecule has 0 saturated carbocycles. The maximum absolute atomic E-state index is 6.15. The number of thioether (sulfide) groups is 2. The van der Waals surface area contributed by atoms with E-state index in [0.29, 0.717) is 6.04 Å². The summed E-state index contributed by atoms with van der Waals surface area (Å²) in [6.45, 7) is 2.03. The molecule has 1 aromatic rings. The van der Waals surface area contributed by atoms with Gasteiger partial charge in [-0.3, -0.25) is 0 Å². The molecule has 116 valence electrons. The Kier molecular flexibility index (Phi) is 5.92. The molecule has 1 unspecified atom stereocenters. The lowest BCUT2D eigenvalue weighted by molar-refractivity contribution is -0.0929. The predicted molar refractivity (Wildman–Crippen MR) is 93.4 cm³/mol. The first kappa shape index (κ1) is 15.7. The van der Waals surface area contributed by atoms with Crippen LogP contribution in [0.3, 0.4) is 0 Å². The largest absolute Gasteiger partial charge is 0.375 e. The van der Waals surface area contributed by atoms with Crippen LogP contribution in [0, 0.1) is 0 Å². The second-order valence-electron chi connectivity index (χ2n) is 5.95. The summed E-state index contributed by atoms with van der Waals surface area (Å²) >= 11 is 4.02. The molecule has 0 aliphatic carbocycles. The molecule has 4 heteroatoms. The lowest BCUT2D eigenvalue weighted by Gasteiger charge is -2.43. The molecule has 0 radical (unpaired) electrons. The summed E-state index contributed by atoms with van der Waals surface area (Å²) in [5.41, 5.74) is 0.202. The van der Waals surface area contributed by atoms with Gasteiger partial charge in [0.2, 0.25) is 0 Å². The van der Waals surface area contributed by atoms with Crippen molar-refractivity contribution in [1.82, 2.24) is 5.32 Å². The summed E-state index contributed by atoms with van der Waals surface area (Å²) in [5, 5.41) is 3.76. The highest BCUT2D eigenvalue weighted by Gasteiger charge is 2.38. The van der Waals surface area contributed by atoms with Crippen molar-refractivity contribution in [2.45, 2.75) is 42.2 Å². The average molecular weight is 324 g/mol. The Labute approximate surface area is 136 Å². The molecule has 2 fully saturated rings. The van der Waals surface area contributed by atoms with E-state index in [9.17, 15) is 0 Å². The van der Waals surface area contributed by atoms with Crippen molar-refractivity contribution in [2.24, 2.45) is 0 Å². The van der Waals surface area contributed by atoms with E-state index in [1.807, 2.05) is 11.8 Å². The molecule has 1 spiro atoms. The van der Waals surface area contributed by atoms with Gasteiger partial charge in [0.15, 0.2) is 0 Å². The van der Waals surface area contributed by atoms with Crippen LogP contribution in [0.5, 0.6) is 0 Å². The molecule has 2 aliphatic rings. The van der Waals surface area contributed by atoms with Crippen LogP contribution in [-0.2, 0) is 4.74 Å². The number of hydrogen-bond acceptors (Lipinski definition) is 4. The zero-order chi connectivity index (χ0) is 14.4. The first-order chi connectivity index (χ1) is 10.4. The van der Waals surface area contributed by atoms with Gasteiger partial charge in [-0.2, -0.15) is 11.8 Å². The lowest BCUT2D eigenvalue weighted by Crippen LogP contribution is -2.49. The van der Waals surface area contributed by atoms with E-state index in [1.54, 1.807) is 0 Å². The first-order valence-electron chi connectivity index (χ1n) is 7.99. The zero-order valence-corrected chi connectivity index (χ0v) is 14.2. The molecule has 2 nitrogen and oxygen atoms in total. The quantitative estimate of drug-likeness (QED) is 0.657. The van der Waals surface area contributed by atoms with Gasteiger partial charge in [0.25, 0.3) is 0 Å². The molecule has 2 aliphatic heterocycles. The van der Waals surface area contributed by atoms with Crippen LogP contribution in [0.2, 0.25) is 0 Å². The number of rotatable bonds is 5. The Morgan fingerprint density at radius 2 is 2.05 bits per heavy atom. The molecule has 1 N–H and O–H groups in total. The van der Waals surface area contributed by atoms with E-state index in [1.165, 1.54) is 42.1 Å². The zero-order valence-electron chi connectivity index (χ0n) is 12.6. The fourth-order valence-electron chi connectivity index (χ4n) is 3.24. The standard InChI is InChI=1S/C17H25NOS2/c1-2-4-16(5-3-1)21-13-9-18-15-6-10-19-17(14-15)7-11-20-12-8-17/h1-5,15,18H,6-14H2. The molecular weight excluding hydrogens is 298 g/mol. The minimum absolute atomic E-state index is 0.202. The fraction of sp³-hybridized carbons (Fsp3) is 0.647. The van der Waals surface area contributed by atoms with Gasteiger partial charge in [0, 0.05) is 29.8 Å². The number of ether oxygens (including phenoxy) is 1. The normalized spacial score (nSPS) is 25.0. The van der Waals surface area contributed by atoms with E-state index in [2.05, 4.69) is 47.4 Å². The summed E-state index contributed by atoms with van der Waals surface area (Å²) in [4.78, 5) is 1.37. The number of hydrogen-bond donors (Lipinski definition) is 1. The molecular formula is C17H25NOS2. The molecule has 0 aromatic heterocycles. The van der Waals surface area contributed by atoms with Crippen molar-refractivity contribution in [2.75, 3.05) is 30.4 Å². The second kappa shape index (κ2) is 7.91. The summed E-state index contributed by atoms with van der Waals surface area (Å²) in [7, 11) is 0. The Morgan fingerprint density at radius 3 is 2.86 bits per heavy atom. The molecule has 0 bridgehead atoms. The summed E-state index contributed by atoms with van der Waals surface area (Å²) in [6.07, 6.45) is 4.87. The van der Waals surface area contributed by atoms with E-state index in [0.717, 1.165) is 18.9 Å². The second-order valence-corrected chi connectivity index (χ2v) is 8.34. The van der Waals surface area contributed by atoms with Gasteiger partial charge in [0.05, 0.1) is 5.60 Å². The maximum Gasteiger partial charge on any atom is 0.0713 e. The SMILES string of the molecule is c1ccc(SCCNC2CCOC3(CCSCC3)C2)cc1. The van der Waals surface area contributed by atoms with E-state index in [-0.39, 0.29) is 5.60 Å². The van der Waals surface area contributed by atoms with Gasteiger partial charge in [-0.15, -0.1) is 11.8 Å². The molecule has 2 saturated heterocycles. The lowest BCUT2D eigenvalue weighted by atomic mass is 9.85. The van der Waals surface area contributed by atoms with E-state index >= 15 is 0 Å². The minimum Gasteiger partial charge on any atom is -0.375 e. The van der Waals surface area contributed by atoms with Crippen molar-refractivity contribution >= 4 is 23.5 Å². The smallest absolute Gasteiger partial charge is 0.0713 e. The Hall–Kier alpha value is -0.160. The van der Waals surface area contributed by atoms with Crippen molar-refractivity contribution in [3.05, 3.63) is 30.3 Å². The topological polar surface area (TPSA) is 21.3 Å². The summed E-state index contributed by atoms with van der Waals surface area (Å²) in [6, 6.07) is 11.3. The fourth-order valence-corrected chi connectivity index (χ4v) is 5.28. The van der Waals surface area contributed by atoms with E-state index in [4.69, 9.17) is 4.74 Å². The number of nitrogens with one attached hydrogen (secondary N) is 1. The van der Waals surface area contributed by atoms with Gasteiger partial charge in [-0.25, -0.2) is 0 Å².